The van der Waals surface area contributed by atoms with Gasteiger partial charge in [-0.05, 0) is 30.3 Å². The molecule has 0 N–H and O–H groups in total. The highest BCUT2D eigenvalue weighted by Crippen LogP contribution is 2.27. The highest BCUT2D eigenvalue weighted by Gasteiger charge is 2.20. The molecule has 2 aromatic rings. The molecule has 0 amide bonds. The van der Waals surface area contributed by atoms with Crippen LogP contribution < -0.4 is 9.47 Å². The van der Waals surface area contributed by atoms with Crippen molar-refractivity contribution in [3.05, 3.63) is 63.5 Å². The van der Waals surface area contributed by atoms with E-state index in [-0.39, 0.29) is 22.6 Å². The fraction of sp³-hybridized carbons (Fsp3) is 0.176. The average Bonchev–Trinajstić information content (AvgIpc) is 2.64. The van der Waals surface area contributed by atoms with Crippen molar-refractivity contribution in [2.75, 3.05) is 20.8 Å². The number of Topliss-reactive ketones (excluding diaryl/α,β-unsaturated/α-hetero) is 1. The second-order valence-corrected chi connectivity index (χ2v) is 4.99. The van der Waals surface area contributed by atoms with Gasteiger partial charge in [-0.25, -0.2) is 9.18 Å². The standard InChI is InChI=1S/C17H14FNO7/c1-24-15-5-3-10(7-12(15)18)14(20)9-26-17(21)11-4-6-16(25-2)13(8-11)19(22)23/h3-8H,9H2,1-2H3. The Kier molecular flexibility index (Phi) is 5.84. The van der Waals surface area contributed by atoms with Crippen LogP contribution in [-0.4, -0.2) is 37.5 Å². The summed E-state index contributed by atoms with van der Waals surface area (Å²) in [5.41, 5.74) is -0.534. The molecule has 2 aromatic carbocycles. The minimum atomic E-state index is -0.932. The van der Waals surface area contributed by atoms with Gasteiger partial charge in [-0.1, -0.05) is 0 Å². The molecule has 0 saturated carbocycles. The second kappa shape index (κ2) is 8.06. The highest BCUT2D eigenvalue weighted by atomic mass is 19.1. The van der Waals surface area contributed by atoms with Crippen LogP contribution >= 0.6 is 0 Å². The third-order valence-corrected chi connectivity index (χ3v) is 3.42. The number of hydrogen-bond acceptors (Lipinski definition) is 7. The summed E-state index contributed by atoms with van der Waals surface area (Å²) in [4.78, 5) is 34.2. The molecule has 0 aromatic heterocycles. The zero-order chi connectivity index (χ0) is 19.3. The molecule has 0 spiro atoms. The van der Waals surface area contributed by atoms with E-state index in [2.05, 4.69) is 0 Å². The number of carbonyl (C=O) groups excluding carboxylic acids is 2. The van der Waals surface area contributed by atoms with Crippen molar-refractivity contribution < 1.29 is 33.1 Å². The van der Waals surface area contributed by atoms with Gasteiger partial charge in [0.25, 0.3) is 0 Å². The minimum absolute atomic E-state index is 0.00295. The number of ether oxygens (including phenoxy) is 3. The van der Waals surface area contributed by atoms with Gasteiger partial charge in [0.15, 0.2) is 29.7 Å². The third kappa shape index (κ3) is 4.12. The lowest BCUT2D eigenvalue weighted by atomic mass is 10.1. The molecule has 0 aliphatic heterocycles. The quantitative estimate of drug-likeness (QED) is 0.322. The number of esters is 1. The number of halogens is 1. The lowest BCUT2D eigenvalue weighted by Gasteiger charge is -2.07. The van der Waals surface area contributed by atoms with Crippen LogP contribution in [0.1, 0.15) is 20.7 Å². The first-order chi connectivity index (χ1) is 12.4. The Balaban J connectivity index is 2.08. The van der Waals surface area contributed by atoms with E-state index in [1.807, 2.05) is 0 Å². The molecular weight excluding hydrogens is 349 g/mol. The topological polar surface area (TPSA) is 105 Å². The van der Waals surface area contributed by atoms with Crippen LogP contribution in [-0.2, 0) is 4.74 Å². The van der Waals surface area contributed by atoms with Crippen molar-refractivity contribution in [1.29, 1.82) is 0 Å². The average molecular weight is 363 g/mol. The van der Waals surface area contributed by atoms with Crippen molar-refractivity contribution >= 4 is 17.4 Å². The summed E-state index contributed by atoms with van der Waals surface area (Å²) in [6.45, 7) is -0.648. The Morgan fingerprint density at radius 3 is 2.23 bits per heavy atom. The summed E-state index contributed by atoms with van der Waals surface area (Å²) in [7, 11) is 2.54. The van der Waals surface area contributed by atoms with Crippen molar-refractivity contribution in [3.8, 4) is 11.5 Å². The number of ketones is 1. The maximum Gasteiger partial charge on any atom is 0.338 e. The van der Waals surface area contributed by atoms with Crippen LogP contribution in [0.15, 0.2) is 36.4 Å². The summed E-state index contributed by atoms with van der Waals surface area (Å²) in [6.07, 6.45) is 0. The number of nitro benzene ring substituents is 1. The van der Waals surface area contributed by atoms with E-state index < -0.39 is 34.8 Å². The van der Waals surface area contributed by atoms with Gasteiger partial charge in [0.1, 0.15) is 0 Å². The summed E-state index contributed by atoms with van der Waals surface area (Å²) < 4.78 is 28.0. The molecule has 2 rings (SSSR count). The van der Waals surface area contributed by atoms with E-state index in [1.54, 1.807) is 0 Å². The number of hydrogen-bond donors (Lipinski definition) is 0. The largest absolute Gasteiger partial charge is 0.494 e. The molecular formula is C17H14FNO7. The number of rotatable bonds is 7. The number of carbonyl (C=O) groups is 2. The van der Waals surface area contributed by atoms with Crippen LogP contribution in [0.5, 0.6) is 11.5 Å². The monoisotopic (exact) mass is 363 g/mol. The molecule has 0 bridgehead atoms. The van der Waals surface area contributed by atoms with Gasteiger partial charge >= 0.3 is 11.7 Å². The van der Waals surface area contributed by atoms with Crippen LogP contribution in [0.25, 0.3) is 0 Å². The van der Waals surface area contributed by atoms with E-state index in [0.29, 0.717) is 0 Å². The Hall–Kier alpha value is -3.49. The zero-order valence-electron chi connectivity index (χ0n) is 13.9. The van der Waals surface area contributed by atoms with Crippen molar-refractivity contribution in [2.24, 2.45) is 0 Å². The first-order valence-corrected chi connectivity index (χ1v) is 7.23. The highest BCUT2D eigenvalue weighted by molar-refractivity contribution is 5.99. The predicted molar refractivity (Wildman–Crippen MR) is 87.2 cm³/mol. The van der Waals surface area contributed by atoms with E-state index in [4.69, 9.17) is 14.2 Å². The summed E-state index contributed by atoms with van der Waals surface area (Å²) in [6, 6.07) is 7.07. The molecule has 8 nitrogen and oxygen atoms in total. The molecule has 26 heavy (non-hydrogen) atoms. The van der Waals surface area contributed by atoms with E-state index in [0.717, 1.165) is 12.1 Å². The SMILES string of the molecule is COc1ccc(C(=O)COC(=O)c2ccc(OC)c([N+](=O)[O-])c2)cc1F. The van der Waals surface area contributed by atoms with E-state index in [9.17, 15) is 24.1 Å². The maximum absolute atomic E-state index is 13.6. The lowest BCUT2D eigenvalue weighted by Crippen LogP contribution is -2.14. The molecule has 0 atom stereocenters. The number of benzene rings is 2. The Morgan fingerprint density at radius 2 is 1.65 bits per heavy atom. The first-order valence-electron chi connectivity index (χ1n) is 7.23. The molecule has 0 heterocycles. The Bertz CT molecular complexity index is 866. The fourth-order valence-electron chi connectivity index (χ4n) is 2.10. The van der Waals surface area contributed by atoms with Crippen molar-refractivity contribution in [1.82, 2.24) is 0 Å². The number of nitrogens with zero attached hydrogens (tertiary/aromatic N) is 1. The van der Waals surface area contributed by atoms with Gasteiger partial charge in [0.2, 0.25) is 0 Å². The van der Waals surface area contributed by atoms with Crippen LogP contribution in [0.2, 0.25) is 0 Å². The van der Waals surface area contributed by atoms with Crippen molar-refractivity contribution in [2.45, 2.75) is 0 Å². The smallest absolute Gasteiger partial charge is 0.338 e. The van der Waals surface area contributed by atoms with Gasteiger partial charge in [-0.15, -0.1) is 0 Å². The lowest BCUT2D eigenvalue weighted by molar-refractivity contribution is -0.385. The second-order valence-electron chi connectivity index (χ2n) is 4.99. The van der Waals surface area contributed by atoms with E-state index in [1.165, 1.54) is 38.5 Å². The molecule has 9 heteroatoms. The summed E-state index contributed by atoms with van der Waals surface area (Å²) in [5.74, 6) is -2.34. The Morgan fingerprint density at radius 1 is 1.04 bits per heavy atom. The minimum Gasteiger partial charge on any atom is -0.494 e. The molecule has 0 saturated heterocycles. The molecule has 136 valence electrons. The van der Waals surface area contributed by atoms with Crippen LogP contribution in [0.4, 0.5) is 10.1 Å². The van der Waals surface area contributed by atoms with Gasteiger partial charge < -0.3 is 14.2 Å². The summed E-state index contributed by atoms with van der Waals surface area (Å²) in [5, 5.41) is 11.0. The molecule has 0 fully saturated rings. The molecule has 0 radical (unpaired) electrons. The fourth-order valence-corrected chi connectivity index (χ4v) is 2.10. The summed E-state index contributed by atoms with van der Waals surface area (Å²) >= 11 is 0. The maximum atomic E-state index is 13.6. The van der Waals surface area contributed by atoms with Gasteiger partial charge in [-0.2, -0.15) is 0 Å². The molecule has 0 aliphatic carbocycles. The van der Waals surface area contributed by atoms with Crippen LogP contribution in [0, 0.1) is 15.9 Å². The van der Waals surface area contributed by atoms with Gasteiger partial charge in [0.05, 0.1) is 24.7 Å². The molecule has 0 aliphatic rings. The van der Waals surface area contributed by atoms with Gasteiger partial charge in [-0.3, -0.25) is 14.9 Å². The zero-order valence-corrected chi connectivity index (χ0v) is 13.9. The number of methoxy groups -OCH3 is 2. The predicted octanol–water partition coefficient (Wildman–Crippen LogP) is 2.79. The Labute approximate surface area is 147 Å². The van der Waals surface area contributed by atoms with Gasteiger partial charge in [0, 0.05) is 11.6 Å². The van der Waals surface area contributed by atoms with Crippen LogP contribution in [0.3, 0.4) is 0 Å². The van der Waals surface area contributed by atoms with E-state index >= 15 is 0 Å². The normalized spacial score (nSPS) is 10.1. The first kappa shape index (κ1) is 18.8. The van der Waals surface area contributed by atoms with Crippen molar-refractivity contribution in [3.63, 3.8) is 0 Å². The number of nitro groups is 1. The molecule has 0 unspecified atom stereocenters. The third-order valence-electron chi connectivity index (χ3n) is 3.42.